The van der Waals surface area contributed by atoms with E-state index in [1.165, 1.54) is 32.1 Å². The lowest BCUT2D eigenvalue weighted by Gasteiger charge is -2.29. The topological polar surface area (TPSA) is 64.3 Å². The Morgan fingerprint density at radius 1 is 1.41 bits per heavy atom. The van der Waals surface area contributed by atoms with E-state index in [4.69, 9.17) is 10.5 Å². The zero-order chi connectivity index (χ0) is 12.3. The minimum Gasteiger partial charge on any atom is -0.378 e. The van der Waals surface area contributed by atoms with Gasteiger partial charge in [0.05, 0.1) is 11.6 Å². The van der Waals surface area contributed by atoms with E-state index in [-0.39, 0.29) is 5.91 Å². The molecule has 2 fully saturated rings. The van der Waals surface area contributed by atoms with Crippen molar-refractivity contribution in [3.05, 3.63) is 0 Å². The Balaban J connectivity index is 1.66. The zero-order valence-electron chi connectivity index (χ0n) is 10.7. The molecule has 2 aliphatic rings. The largest absolute Gasteiger partial charge is 0.378 e. The quantitative estimate of drug-likeness (QED) is 0.629. The minimum absolute atomic E-state index is 0.243. The van der Waals surface area contributed by atoms with E-state index in [0.717, 1.165) is 19.4 Å². The van der Waals surface area contributed by atoms with E-state index in [0.29, 0.717) is 12.1 Å². The van der Waals surface area contributed by atoms with Crippen molar-refractivity contribution in [2.45, 2.75) is 69.6 Å². The van der Waals surface area contributed by atoms with Crippen LogP contribution >= 0.6 is 0 Å². The van der Waals surface area contributed by atoms with Crippen LogP contribution in [-0.4, -0.2) is 30.2 Å². The predicted octanol–water partition coefficient (Wildman–Crippen LogP) is 1.33. The van der Waals surface area contributed by atoms with Crippen LogP contribution in [0.15, 0.2) is 0 Å². The van der Waals surface area contributed by atoms with Crippen LogP contribution in [0.2, 0.25) is 0 Å². The fourth-order valence-corrected chi connectivity index (χ4v) is 2.16. The number of rotatable bonds is 8. The van der Waals surface area contributed by atoms with Crippen molar-refractivity contribution in [1.29, 1.82) is 0 Å². The van der Waals surface area contributed by atoms with Gasteiger partial charge in [0.1, 0.15) is 0 Å². The number of ether oxygens (including phenoxy) is 1. The van der Waals surface area contributed by atoms with E-state index in [1.54, 1.807) is 0 Å². The summed E-state index contributed by atoms with van der Waals surface area (Å²) in [5.74, 6) is -0.243. The van der Waals surface area contributed by atoms with Gasteiger partial charge in [-0.3, -0.25) is 4.79 Å². The summed E-state index contributed by atoms with van der Waals surface area (Å²) >= 11 is 0. The second kappa shape index (κ2) is 5.36. The number of nitrogens with one attached hydrogen (secondary N) is 1. The third kappa shape index (κ3) is 3.68. The van der Waals surface area contributed by atoms with Crippen molar-refractivity contribution in [3.8, 4) is 0 Å². The van der Waals surface area contributed by atoms with Crippen LogP contribution in [0.1, 0.15) is 51.9 Å². The molecular weight excluding hydrogens is 216 g/mol. The van der Waals surface area contributed by atoms with Gasteiger partial charge in [-0.25, -0.2) is 0 Å². The van der Waals surface area contributed by atoms with Crippen molar-refractivity contribution in [1.82, 2.24) is 5.32 Å². The van der Waals surface area contributed by atoms with Crippen LogP contribution in [-0.2, 0) is 9.53 Å². The Hall–Kier alpha value is -0.610. The first-order valence-electron chi connectivity index (χ1n) is 6.79. The van der Waals surface area contributed by atoms with Gasteiger partial charge in [-0.1, -0.05) is 0 Å². The second-order valence-corrected chi connectivity index (χ2v) is 5.64. The summed E-state index contributed by atoms with van der Waals surface area (Å²) < 4.78 is 5.69. The van der Waals surface area contributed by atoms with E-state index >= 15 is 0 Å². The third-order valence-electron chi connectivity index (χ3n) is 3.87. The highest BCUT2D eigenvalue weighted by molar-refractivity contribution is 5.84. The summed E-state index contributed by atoms with van der Waals surface area (Å²) in [4.78, 5) is 11.5. The normalized spacial score (nSPS) is 24.1. The number of amides is 1. The van der Waals surface area contributed by atoms with Gasteiger partial charge in [0.2, 0.25) is 5.91 Å². The van der Waals surface area contributed by atoms with Crippen LogP contribution in [0, 0.1) is 0 Å². The molecule has 0 aromatic carbocycles. The fraction of sp³-hybridized carbons (Fsp3) is 0.923. The lowest BCUT2D eigenvalue weighted by Crippen LogP contribution is -2.54. The summed E-state index contributed by atoms with van der Waals surface area (Å²) in [6.45, 7) is 2.66. The first-order chi connectivity index (χ1) is 8.10. The number of hydrogen-bond acceptors (Lipinski definition) is 3. The predicted molar refractivity (Wildman–Crippen MR) is 66.6 cm³/mol. The van der Waals surface area contributed by atoms with Crippen LogP contribution in [0.4, 0.5) is 0 Å². The van der Waals surface area contributed by atoms with Crippen LogP contribution in [0.5, 0.6) is 0 Å². The molecule has 0 radical (unpaired) electrons. The van der Waals surface area contributed by atoms with Crippen molar-refractivity contribution < 1.29 is 9.53 Å². The number of primary amides is 1. The molecule has 4 heteroatoms. The number of nitrogens with two attached hydrogens (primary N) is 1. The van der Waals surface area contributed by atoms with Gasteiger partial charge in [0.15, 0.2) is 0 Å². The van der Waals surface area contributed by atoms with Gasteiger partial charge in [0.25, 0.3) is 0 Å². The Kier molecular flexibility index (Phi) is 4.05. The Bertz CT molecular complexity index is 275. The summed E-state index contributed by atoms with van der Waals surface area (Å²) in [5.41, 5.74) is 4.93. The third-order valence-corrected chi connectivity index (χ3v) is 3.87. The molecule has 98 valence electrons. The Morgan fingerprint density at radius 2 is 2.12 bits per heavy atom. The summed E-state index contributed by atoms with van der Waals surface area (Å²) in [6.07, 6.45) is 8.18. The van der Waals surface area contributed by atoms with E-state index in [1.807, 2.05) is 6.92 Å². The fourth-order valence-electron chi connectivity index (χ4n) is 2.16. The van der Waals surface area contributed by atoms with Crippen molar-refractivity contribution >= 4 is 5.91 Å². The highest BCUT2D eigenvalue weighted by atomic mass is 16.5. The molecule has 1 unspecified atom stereocenters. The Labute approximate surface area is 103 Å². The molecule has 0 heterocycles. The molecule has 2 aliphatic carbocycles. The van der Waals surface area contributed by atoms with Crippen LogP contribution in [0.25, 0.3) is 0 Å². The van der Waals surface area contributed by atoms with Gasteiger partial charge in [0, 0.05) is 12.6 Å². The average molecular weight is 240 g/mol. The van der Waals surface area contributed by atoms with Crippen molar-refractivity contribution in [3.63, 3.8) is 0 Å². The molecule has 0 bridgehead atoms. The summed E-state index contributed by atoms with van der Waals surface area (Å²) in [5, 5.41) is 3.35. The molecule has 3 N–H and O–H groups in total. The molecule has 2 rings (SSSR count). The molecule has 2 saturated carbocycles. The molecule has 0 spiro atoms. The highest BCUT2D eigenvalue weighted by Crippen LogP contribution is 2.25. The molecule has 0 aromatic heterocycles. The van der Waals surface area contributed by atoms with Gasteiger partial charge in [-0.15, -0.1) is 0 Å². The smallest absolute Gasteiger partial charge is 0.237 e. The molecule has 0 saturated heterocycles. The molecule has 1 atom stereocenters. The maximum Gasteiger partial charge on any atom is 0.237 e. The number of carbonyl (C=O) groups is 1. The molecule has 1 amide bonds. The monoisotopic (exact) mass is 240 g/mol. The first kappa shape index (κ1) is 12.8. The van der Waals surface area contributed by atoms with Gasteiger partial charge < -0.3 is 15.8 Å². The van der Waals surface area contributed by atoms with Gasteiger partial charge in [-0.05, 0) is 51.9 Å². The standard InChI is InChI=1S/C13H24N2O2/c1-13(12(14)16,15-10-6-7-10)8-3-9-17-11-4-2-5-11/h10-11,15H,2-9H2,1H3,(H2,14,16). The minimum atomic E-state index is -0.551. The Morgan fingerprint density at radius 3 is 2.59 bits per heavy atom. The average Bonchev–Trinajstić information content (AvgIpc) is 2.98. The van der Waals surface area contributed by atoms with Crippen LogP contribution in [0.3, 0.4) is 0 Å². The molecule has 0 aliphatic heterocycles. The number of hydrogen-bond donors (Lipinski definition) is 2. The molecular formula is C13H24N2O2. The molecule has 4 nitrogen and oxygen atoms in total. The SMILES string of the molecule is CC(CCCOC1CCC1)(NC1CC1)C(N)=O. The first-order valence-corrected chi connectivity index (χ1v) is 6.79. The zero-order valence-corrected chi connectivity index (χ0v) is 10.7. The van der Waals surface area contributed by atoms with E-state index in [2.05, 4.69) is 5.32 Å². The lowest BCUT2D eigenvalue weighted by atomic mass is 9.94. The van der Waals surface area contributed by atoms with E-state index in [9.17, 15) is 4.79 Å². The van der Waals surface area contributed by atoms with E-state index < -0.39 is 5.54 Å². The van der Waals surface area contributed by atoms with Crippen molar-refractivity contribution in [2.75, 3.05) is 6.61 Å². The van der Waals surface area contributed by atoms with Gasteiger partial charge in [-0.2, -0.15) is 0 Å². The maximum absolute atomic E-state index is 11.5. The highest BCUT2D eigenvalue weighted by Gasteiger charge is 2.36. The summed E-state index contributed by atoms with van der Waals surface area (Å²) in [6, 6.07) is 0.500. The lowest BCUT2D eigenvalue weighted by molar-refractivity contribution is -0.124. The van der Waals surface area contributed by atoms with Gasteiger partial charge >= 0.3 is 0 Å². The summed E-state index contributed by atoms with van der Waals surface area (Å²) in [7, 11) is 0. The molecule has 17 heavy (non-hydrogen) atoms. The number of carbonyl (C=O) groups excluding carboxylic acids is 1. The van der Waals surface area contributed by atoms with Crippen molar-refractivity contribution in [2.24, 2.45) is 5.73 Å². The second-order valence-electron chi connectivity index (χ2n) is 5.64. The maximum atomic E-state index is 11.5. The van der Waals surface area contributed by atoms with Crippen LogP contribution < -0.4 is 11.1 Å². The molecule has 0 aromatic rings.